The Bertz CT molecular complexity index is 717. The highest BCUT2D eigenvalue weighted by molar-refractivity contribution is 7.98. The van der Waals surface area contributed by atoms with Gasteiger partial charge < -0.3 is 5.32 Å². The molecule has 0 radical (unpaired) electrons. The molecule has 1 N–H and O–H groups in total. The summed E-state index contributed by atoms with van der Waals surface area (Å²) in [7, 11) is 1.97. The molecular formula is C18H18N2S. The number of nitrogens with zero attached hydrogens (tertiary/aromatic N) is 1. The molecule has 0 aliphatic carbocycles. The van der Waals surface area contributed by atoms with E-state index < -0.39 is 0 Å². The van der Waals surface area contributed by atoms with Gasteiger partial charge in [-0.1, -0.05) is 36.4 Å². The highest BCUT2D eigenvalue weighted by atomic mass is 32.2. The Morgan fingerprint density at radius 2 is 1.81 bits per heavy atom. The summed E-state index contributed by atoms with van der Waals surface area (Å²) >= 11 is 1.85. The third kappa shape index (κ3) is 3.43. The number of fused-ring (bicyclic) bond motifs is 1. The molecule has 0 spiro atoms. The average Bonchev–Trinajstić information content (AvgIpc) is 2.54. The Labute approximate surface area is 129 Å². The van der Waals surface area contributed by atoms with Gasteiger partial charge in [0.05, 0.1) is 5.52 Å². The molecule has 106 valence electrons. The van der Waals surface area contributed by atoms with Gasteiger partial charge in [0.15, 0.2) is 0 Å². The summed E-state index contributed by atoms with van der Waals surface area (Å²) < 4.78 is 0. The molecule has 1 heterocycles. The molecule has 0 saturated carbocycles. The van der Waals surface area contributed by atoms with E-state index in [1.54, 1.807) is 0 Å². The summed E-state index contributed by atoms with van der Waals surface area (Å²) in [5.74, 6) is 0.944. The van der Waals surface area contributed by atoms with Crippen LogP contribution in [0.1, 0.15) is 11.1 Å². The zero-order valence-electron chi connectivity index (χ0n) is 12.0. The third-order valence-electron chi connectivity index (χ3n) is 3.41. The van der Waals surface area contributed by atoms with Gasteiger partial charge in [0.2, 0.25) is 0 Å². The number of para-hydroxylation sites is 1. The molecule has 3 rings (SSSR count). The van der Waals surface area contributed by atoms with Gasteiger partial charge in [-0.2, -0.15) is 0 Å². The van der Waals surface area contributed by atoms with E-state index in [2.05, 4.69) is 58.8 Å². The number of nitrogens with one attached hydrogen (secondary N) is 1. The lowest BCUT2D eigenvalue weighted by atomic mass is 10.1. The molecular weight excluding hydrogens is 276 g/mol. The molecule has 0 atom stereocenters. The van der Waals surface area contributed by atoms with Crippen molar-refractivity contribution in [2.75, 3.05) is 7.05 Å². The first kappa shape index (κ1) is 14.1. The van der Waals surface area contributed by atoms with Crippen molar-refractivity contribution in [1.29, 1.82) is 0 Å². The Kier molecular flexibility index (Phi) is 4.53. The standard InChI is InChI=1S/C18H18N2S/c1-19-12-14-7-9-17(10-8-14)21-13-16-5-2-4-15-6-3-11-20-18(15)16/h2-11,19H,12-13H2,1H3. The first-order chi connectivity index (χ1) is 10.4. The summed E-state index contributed by atoms with van der Waals surface area (Å²) in [6.07, 6.45) is 1.86. The first-order valence-corrected chi connectivity index (χ1v) is 8.04. The van der Waals surface area contributed by atoms with E-state index in [1.807, 2.05) is 31.1 Å². The summed E-state index contributed by atoms with van der Waals surface area (Å²) in [6, 6.07) is 19.2. The number of benzene rings is 2. The van der Waals surface area contributed by atoms with Crippen LogP contribution in [-0.2, 0) is 12.3 Å². The lowest BCUT2D eigenvalue weighted by molar-refractivity contribution is 0.817. The fourth-order valence-corrected chi connectivity index (χ4v) is 3.24. The van der Waals surface area contributed by atoms with Gasteiger partial charge in [0, 0.05) is 28.8 Å². The molecule has 0 unspecified atom stereocenters. The maximum atomic E-state index is 4.51. The molecule has 1 aromatic heterocycles. The first-order valence-electron chi connectivity index (χ1n) is 7.06. The maximum absolute atomic E-state index is 4.51. The van der Waals surface area contributed by atoms with Gasteiger partial charge in [-0.05, 0) is 36.4 Å². The Morgan fingerprint density at radius 1 is 1.00 bits per heavy atom. The minimum Gasteiger partial charge on any atom is -0.316 e. The zero-order chi connectivity index (χ0) is 14.5. The third-order valence-corrected chi connectivity index (χ3v) is 4.48. The summed E-state index contributed by atoms with van der Waals surface area (Å²) in [4.78, 5) is 5.80. The van der Waals surface area contributed by atoms with Gasteiger partial charge >= 0.3 is 0 Å². The van der Waals surface area contributed by atoms with E-state index in [0.717, 1.165) is 17.8 Å². The van der Waals surface area contributed by atoms with Crippen molar-refractivity contribution in [3.8, 4) is 0 Å². The smallest absolute Gasteiger partial charge is 0.0742 e. The van der Waals surface area contributed by atoms with Crippen LogP contribution in [-0.4, -0.2) is 12.0 Å². The van der Waals surface area contributed by atoms with E-state index in [4.69, 9.17) is 0 Å². The largest absolute Gasteiger partial charge is 0.316 e. The minimum absolute atomic E-state index is 0.915. The molecule has 2 aromatic carbocycles. The molecule has 0 saturated heterocycles. The van der Waals surface area contributed by atoms with Gasteiger partial charge in [-0.3, -0.25) is 4.98 Å². The van der Waals surface area contributed by atoms with Crippen LogP contribution in [0, 0.1) is 0 Å². The second-order valence-electron chi connectivity index (χ2n) is 4.96. The second kappa shape index (κ2) is 6.74. The van der Waals surface area contributed by atoms with Crippen LogP contribution in [0.25, 0.3) is 10.9 Å². The SMILES string of the molecule is CNCc1ccc(SCc2cccc3cccnc23)cc1. The van der Waals surface area contributed by atoms with Crippen LogP contribution in [0.3, 0.4) is 0 Å². The van der Waals surface area contributed by atoms with Gasteiger partial charge in [-0.15, -0.1) is 11.8 Å². The van der Waals surface area contributed by atoms with E-state index in [0.29, 0.717) is 0 Å². The number of rotatable bonds is 5. The van der Waals surface area contributed by atoms with Gasteiger partial charge in [0.1, 0.15) is 0 Å². The minimum atomic E-state index is 0.915. The molecule has 0 aliphatic rings. The van der Waals surface area contributed by atoms with Gasteiger partial charge in [0.25, 0.3) is 0 Å². The van der Waals surface area contributed by atoms with Crippen molar-refractivity contribution in [2.24, 2.45) is 0 Å². The highest BCUT2D eigenvalue weighted by Crippen LogP contribution is 2.26. The fourth-order valence-electron chi connectivity index (χ4n) is 2.35. The van der Waals surface area contributed by atoms with Crippen LogP contribution in [0.15, 0.2) is 65.7 Å². The predicted molar refractivity (Wildman–Crippen MR) is 90.5 cm³/mol. The van der Waals surface area contributed by atoms with E-state index >= 15 is 0 Å². The molecule has 0 amide bonds. The van der Waals surface area contributed by atoms with E-state index in [-0.39, 0.29) is 0 Å². The van der Waals surface area contributed by atoms with Crippen LogP contribution < -0.4 is 5.32 Å². The average molecular weight is 294 g/mol. The van der Waals surface area contributed by atoms with Crippen molar-refractivity contribution in [3.63, 3.8) is 0 Å². The lowest BCUT2D eigenvalue weighted by Gasteiger charge is -2.06. The highest BCUT2D eigenvalue weighted by Gasteiger charge is 2.03. The van der Waals surface area contributed by atoms with Crippen molar-refractivity contribution in [1.82, 2.24) is 10.3 Å². The lowest BCUT2D eigenvalue weighted by Crippen LogP contribution is -2.04. The monoisotopic (exact) mass is 294 g/mol. The van der Waals surface area contributed by atoms with Crippen molar-refractivity contribution < 1.29 is 0 Å². The van der Waals surface area contributed by atoms with Crippen LogP contribution in [0.4, 0.5) is 0 Å². The maximum Gasteiger partial charge on any atom is 0.0742 e. The number of aromatic nitrogens is 1. The summed E-state index contributed by atoms with van der Waals surface area (Å²) in [5, 5.41) is 4.37. The molecule has 3 aromatic rings. The van der Waals surface area contributed by atoms with E-state index in [1.165, 1.54) is 21.4 Å². The molecule has 21 heavy (non-hydrogen) atoms. The topological polar surface area (TPSA) is 24.9 Å². The zero-order valence-corrected chi connectivity index (χ0v) is 12.9. The second-order valence-corrected chi connectivity index (χ2v) is 6.00. The van der Waals surface area contributed by atoms with E-state index in [9.17, 15) is 0 Å². The number of pyridine rings is 1. The Hall–Kier alpha value is -1.84. The van der Waals surface area contributed by atoms with Crippen molar-refractivity contribution in [3.05, 3.63) is 71.9 Å². The Balaban J connectivity index is 1.74. The fraction of sp³-hybridized carbons (Fsp3) is 0.167. The van der Waals surface area contributed by atoms with Crippen LogP contribution in [0.5, 0.6) is 0 Å². The molecule has 2 nitrogen and oxygen atoms in total. The Morgan fingerprint density at radius 3 is 2.62 bits per heavy atom. The number of hydrogen-bond acceptors (Lipinski definition) is 3. The number of thioether (sulfide) groups is 1. The van der Waals surface area contributed by atoms with Crippen LogP contribution >= 0.6 is 11.8 Å². The quantitative estimate of drug-likeness (QED) is 0.712. The number of hydrogen-bond donors (Lipinski definition) is 1. The van der Waals surface area contributed by atoms with Crippen LogP contribution in [0.2, 0.25) is 0 Å². The normalized spacial score (nSPS) is 10.9. The van der Waals surface area contributed by atoms with Crippen molar-refractivity contribution in [2.45, 2.75) is 17.2 Å². The predicted octanol–water partition coefficient (Wildman–Crippen LogP) is 4.25. The van der Waals surface area contributed by atoms with Gasteiger partial charge in [-0.25, -0.2) is 0 Å². The summed E-state index contributed by atoms with van der Waals surface area (Å²) in [6.45, 7) is 0.915. The summed E-state index contributed by atoms with van der Waals surface area (Å²) in [5.41, 5.74) is 3.71. The molecule has 0 fully saturated rings. The molecule has 0 bridgehead atoms. The molecule has 0 aliphatic heterocycles. The molecule has 3 heteroatoms. The van der Waals surface area contributed by atoms with Crippen molar-refractivity contribution >= 4 is 22.7 Å².